The van der Waals surface area contributed by atoms with Crippen LogP contribution in [-0.2, 0) is 14.8 Å². The zero-order valence-electron chi connectivity index (χ0n) is 17.0. The summed E-state index contributed by atoms with van der Waals surface area (Å²) in [6.45, 7) is 11.4. The highest BCUT2D eigenvalue weighted by Gasteiger charge is 2.28. The second-order valence-electron chi connectivity index (χ2n) is 7.37. The van der Waals surface area contributed by atoms with Crippen LogP contribution in [0.25, 0.3) is 0 Å². The van der Waals surface area contributed by atoms with Crippen molar-refractivity contribution < 1.29 is 13.2 Å². The lowest BCUT2D eigenvalue weighted by molar-refractivity contribution is -0.131. The van der Waals surface area contributed by atoms with Crippen molar-refractivity contribution in [1.82, 2.24) is 14.5 Å². The molecule has 1 aliphatic rings. The Balaban J connectivity index is 2.20. The molecule has 0 spiro atoms. The van der Waals surface area contributed by atoms with Gasteiger partial charge in [0.2, 0.25) is 15.9 Å². The Hall–Kier alpha value is -1.44. The van der Waals surface area contributed by atoms with Crippen LogP contribution in [0.3, 0.4) is 0 Å². The van der Waals surface area contributed by atoms with Crippen LogP contribution in [-0.4, -0.2) is 62.8 Å². The third-order valence-corrected chi connectivity index (χ3v) is 7.21. The lowest BCUT2D eigenvalue weighted by Crippen LogP contribution is -2.47. The van der Waals surface area contributed by atoms with E-state index in [4.69, 9.17) is 0 Å². The molecule has 0 radical (unpaired) electrons. The largest absolute Gasteiger partial charge is 0.340 e. The molecule has 152 valence electrons. The molecule has 27 heavy (non-hydrogen) atoms. The molecule has 1 amide bonds. The molecule has 1 aromatic carbocycles. The summed E-state index contributed by atoms with van der Waals surface area (Å²) in [5.74, 6) is 0.0329. The van der Waals surface area contributed by atoms with Gasteiger partial charge < -0.3 is 10.2 Å². The molecular formula is C20H33N3O3S. The SMILES string of the molecule is CCCCN(CCC(=O)N1CCNCC1)S(=O)(=O)c1c(C)cc(C)cc1C. The number of amides is 1. The summed E-state index contributed by atoms with van der Waals surface area (Å²) in [6, 6.07) is 3.81. The first kappa shape index (κ1) is 21.9. The van der Waals surface area contributed by atoms with E-state index in [1.165, 1.54) is 4.31 Å². The quantitative estimate of drug-likeness (QED) is 0.733. The summed E-state index contributed by atoms with van der Waals surface area (Å²) in [7, 11) is -3.63. The maximum atomic E-state index is 13.4. The normalized spacial score (nSPS) is 15.4. The molecule has 7 heteroatoms. The molecule has 1 N–H and O–H groups in total. The Morgan fingerprint density at radius 2 is 1.70 bits per heavy atom. The molecule has 0 unspecified atom stereocenters. The van der Waals surface area contributed by atoms with Crippen LogP contribution in [0.15, 0.2) is 17.0 Å². The summed E-state index contributed by atoms with van der Waals surface area (Å²) >= 11 is 0. The van der Waals surface area contributed by atoms with Crippen LogP contribution in [0, 0.1) is 20.8 Å². The Kier molecular flexibility index (Phi) is 7.82. The van der Waals surface area contributed by atoms with Crippen molar-refractivity contribution in [3.63, 3.8) is 0 Å². The van der Waals surface area contributed by atoms with E-state index in [-0.39, 0.29) is 18.9 Å². The van der Waals surface area contributed by atoms with E-state index >= 15 is 0 Å². The second-order valence-corrected chi connectivity index (χ2v) is 9.24. The summed E-state index contributed by atoms with van der Waals surface area (Å²) in [6.07, 6.45) is 1.92. The molecule has 0 saturated carbocycles. The lowest BCUT2D eigenvalue weighted by Gasteiger charge is -2.29. The average molecular weight is 396 g/mol. The Bertz CT molecular complexity index is 733. The molecule has 0 aromatic heterocycles. The second kappa shape index (κ2) is 9.66. The van der Waals surface area contributed by atoms with E-state index in [9.17, 15) is 13.2 Å². The molecule has 1 aromatic rings. The van der Waals surface area contributed by atoms with Gasteiger partial charge in [-0.15, -0.1) is 0 Å². The monoisotopic (exact) mass is 395 g/mol. The Morgan fingerprint density at radius 3 is 2.26 bits per heavy atom. The highest BCUT2D eigenvalue weighted by Crippen LogP contribution is 2.26. The van der Waals surface area contributed by atoms with Crippen molar-refractivity contribution in [2.24, 2.45) is 0 Å². The van der Waals surface area contributed by atoms with Gasteiger partial charge in [-0.05, 0) is 38.3 Å². The number of rotatable bonds is 8. The van der Waals surface area contributed by atoms with E-state index in [2.05, 4.69) is 5.32 Å². The van der Waals surface area contributed by atoms with E-state index < -0.39 is 10.0 Å². The number of carbonyl (C=O) groups excluding carboxylic acids is 1. The van der Waals surface area contributed by atoms with Crippen molar-refractivity contribution in [3.05, 3.63) is 28.8 Å². The standard InChI is InChI=1S/C20H33N3O3S/c1-5-6-10-23(11-7-19(24)22-12-8-21-9-13-22)27(25,26)20-17(3)14-16(2)15-18(20)4/h14-15,21H,5-13H2,1-4H3. The van der Waals surface area contributed by atoms with Gasteiger partial charge in [0.25, 0.3) is 0 Å². The third-order valence-electron chi connectivity index (χ3n) is 5.01. The molecule has 1 aliphatic heterocycles. The van der Waals surface area contributed by atoms with Crippen LogP contribution in [0.1, 0.15) is 42.9 Å². The molecule has 2 rings (SSSR count). The van der Waals surface area contributed by atoms with Gasteiger partial charge in [0.15, 0.2) is 0 Å². The van der Waals surface area contributed by atoms with Gasteiger partial charge in [0.1, 0.15) is 0 Å². The van der Waals surface area contributed by atoms with Crippen LogP contribution in [0.2, 0.25) is 0 Å². The molecule has 1 heterocycles. The Morgan fingerprint density at radius 1 is 1.11 bits per heavy atom. The number of sulfonamides is 1. The first-order valence-corrected chi connectivity index (χ1v) is 11.3. The zero-order chi connectivity index (χ0) is 20.0. The van der Waals surface area contributed by atoms with Gasteiger partial charge in [0.05, 0.1) is 4.90 Å². The minimum Gasteiger partial charge on any atom is -0.340 e. The fraction of sp³-hybridized carbons (Fsp3) is 0.650. The summed E-state index contributed by atoms with van der Waals surface area (Å²) in [5.41, 5.74) is 2.59. The number of unbranched alkanes of at least 4 members (excludes halogenated alkanes) is 1. The predicted molar refractivity (Wildman–Crippen MR) is 108 cm³/mol. The predicted octanol–water partition coefficient (Wildman–Crippen LogP) is 2.22. The molecule has 6 nitrogen and oxygen atoms in total. The number of piperazine rings is 1. The maximum absolute atomic E-state index is 13.4. The van der Waals surface area contributed by atoms with Crippen molar-refractivity contribution in [3.8, 4) is 0 Å². The highest BCUT2D eigenvalue weighted by molar-refractivity contribution is 7.89. The third kappa shape index (κ3) is 5.53. The summed E-state index contributed by atoms with van der Waals surface area (Å²) in [5, 5.41) is 3.22. The summed E-state index contributed by atoms with van der Waals surface area (Å²) < 4.78 is 28.2. The van der Waals surface area contributed by atoms with Crippen molar-refractivity contribution in [2.45, 2.75) is 51.9 Å². The van der Waals surface area contributed by atoms with Crippen LogP contribution < -0.4 is 5.32 Å². The number of carbonyl (C=O) groups is 1. The number of hydrogen-bond donors (Lipinski definition) is 1. The minimum atomic E-state index is -3.63. The van der Waals surface area contributed by atoms with Gasteiger partial charge in [-0.25, -0.2) is 8.42 Å². The fourth-order valence-electron chi connectivity index (χ4n) is 3.68. The van der Waals surface area contributed by atoms with Gasteiger partial charge in [-0.3, -0.25) is 4.79 Å². The van der Waals surface area contributed by atoms with Crippen molar-refractivity contribution >= 4 is 15.9 Å². The first-order valence-electron chi connectivity index (χ1n) is 9.84. The van der Waals surface area contributed by atoms with Gasteiger partial charge >= 0.3 is 0 Å². The topological polar surface area (TPSA) is 69.7 Å². The van der Waals surface area contributed by atoms with Gasteiger partial charge in [0, 0.05) is 45.7 Å². The van der Waals surface area contributed by atoms with E-state index in [1.54, 1.807) is 0 Å². The van der Waals surface area contributed by atoms with Gasteiger partial charge in [-0.1, -0.05) is 31.0 Å². The molecule has 0 aliphatic carbocycles. The lowest BCUT2D eigenvalue weighted by atomic mass is 10.1. The summed E-state index contributed by atoms with van der Waals surface area (Å²) in [4.78, 5) is 14.7. The van der Waals surface area contributed by atoms with Gasteiger partial charge in [-0.2, -0.15) is 4.31 Å². The number of nitrogens with zero attached hydrogens (tertiary/aromatic N) is 2. The van der Waals surface area contributed by atoms with E-state index in [1.807, 2.05) is 44.7 Å². The Labute approximate surface area is 164 Å². The molecule has 0 atom stereocenters. The number of aryl methyl sites for hydroxylation is 3. The maximum Gasteiger partial charge on any atom is 0.243 e. The zero-order valence-corrected chi connectivity index (χ0v) is 17.9. The minimum absolute atomic E-state index is 0.0329. The average Bonchev–Trinajstić information content (AvgIpc) is 2.60. The smallest absolute Gasteiger partial charge is 0.243 e. The van der Waals surface area contributed by atoms with Crippen LogP contribution >= 0.6 is 0 Å². The highest BCUT2D eigenvalue weighted by atomic mass is 32.2. The number of benzene rings is 1. The van der Waals surface area contributed by atoms with Crippen LogP contribution in [0.5, 0.6) is 0 Å². The van der Waals surface area contributed by atoms with Crippen molar-refractivity contribution in [1.29, 1.82) is 0 Å². The molecule has 0 bridgehead atoms. The first-order chi connectivity index (χ1) is 12.8. The molecular weight excluding hydrogens is 362 g/mol. The molecule has 1 saturated heterocycles. The molecule has 1 fully saturated rings. The van der Waals surface area contributed by atoms with E-state index in [0.717, 1.165) is 42.6 Å². The van der Waals surface area contributed by atoms with Crippen molar-refractivity contribution in [2.75, 3.05) is 39.3 Å². The number of nitrogens with one attached hydrogen (secondary N) is 1. The van der Waals surface area contributed by atoms with E-state index in [0.29, 0.717) is 24.5 Å². The number of hydrogen-bond acceptors (Lipinski definition) is 4. The van der Waals surface area contributed by atoms with Crippen LogP contribution in [0.4, 0.5) is 0 Å². The fourth-order valence-corrected chi connectivity index (χ4v) is 5.57.